The number of para-hydroxylation sites is 2. The highest BCUT2D eigenvalue weighted by molar-refractivity contribution is 7.80. The molecule has 1 N–H and O–H groups in total. The lowest BCUT2D eigenvalue weighted by molar-refractivity contribution is -0.131. The van der Waals surface area contributed by atoms with E-state index in [9.17, 15) is 19.6 Å². The topological polar surface area (TPSA) is 96.8 Å². The zero-order chi connectivity index (χ0) is 23.4. The van der Waals surface area contributed by atoms with Gasteiger partial charge >= 0.3 is 0 Å². The molecule has 8 nitrogen and oxygen atoms in total. The fourth-order valence-electron chi connectivity index (χ4n) is 3.86. The Kier molecular flexibility index (Phi) is 6.47. The first-order chi connectivity index (χ1) is 16.0. The summed E-state index contributed by atoms with van der Waals surface area (Å²) in [4.78, 5) is 43.5. The van der Waals surface area contributed by atoms with E-state index >= 15 is 0 Å². The Balaban J connectivity index is 1.50. The molecule has 2 fully saturated rings. The van der Waals surface area contributed by atoms with Crippen molar-refractivity contribution in [3.63, 3.8) is 0 Å². The number of hydrogen-bond acceptors (Lipinski definition) is 6. The molecule has 2 aromatic carbocycles. The molecule has 2 heterocycles. The predicted molar refractivity (Wildman–Crippen MR) is 127 cm³/mol. The Morgan fingerprint density at radius 3 is 2.12 bits per heavy atom. The van der Waals surface area contributed by atoms with Gasteiger partial charge in [0.15, 0.2) is 5.11 Å². The number of thiocarbonyl (C=S) groups is 1. The van der Waals surface area contributed by atoms with E-state index in [2.05, 4.69) is 10.2 Å². The highest BCUT2D eigenvalue weighted by Crippen LogP contribution is 2.23. The maximum atomic E-state index is 13.1. The van der Waals surface area contributed by atoms with Crippen LogP contribution in [0.1, 0.15) is 0 Å². The van der Waals surface area contributed by atoms with Crippen molar-refractivity contribution in [2.75, 3.05) is 36.0 Å². The molecule has 0 aliphatic carbocycles. The first-order valence-electron chi connectivity index (χ1n) is 10.4. The van der Waals surface area contributed by atoms with Crippen molar-refractivity contribution in [3.8, 4) is 6.07 Å². The number of piperazine rings is 1. The van der Waals surface area contributed by atoms with Crippen molar-refractivity contribution in [2.45, 2.75) is 0 Å². The molecule has 2 aliphatic heterocycles. The summed E-state index contributed by atoms with van der Waals surface area (Å²) >= 11 is 5.17. The monoisotopic (exact) mass is 459 g/mol. The standard InChI is InChI=1S/C24H21N5O3S/c25-16-17(22(31)28-13-11-27(12-14-28)18-7-3-1-4-8-18)15-20-21(30)26-24(33)29(23(20)32)19-9-5-2-6-10-19/h1-10,15,20H,11-14H2,(H,26,30,33)/b17-15-/t20-/m1/s1. The van der Waals surface area contributed by atoms with Crippen LogP contribution in [0.4, 0.5) is 11.4 Å². The Morgan fingerprint density at radius 1 is 0.970 bits per heavy atom. The minimum atomic E-state index is -1.33. The number of nitrogens with zero attached hydrogens (tertiary/aromatic N) is 4. The molecular formula is C24H21N5O3S. The summed E-state index contributed by atoms with van der Waals surface area (Å²) in [5.74, 6) is -3.10. The Morgan fingerprint density at radius 2 is 1.55 bits per heavy atom. The molecular weight excluding hydrogens is 438 g/mol. The summed E-state index contributed by atoms with van der Waals surface area (Å²) in [6, 6.07) is 20.4. The maximum Gasteiger partial charge on any atom is 0.264 e. The molecule has 33 heavy (non-hydrogen) atoms. The van der Waals surface area contributed by atoms with E-state index in [1.165, 1.54) is 4.90 Å². The molecule has 0 aromatic heterocycles. The highest BCUT2D eigenvalue weighted by Gasteiger charge is 2.39. The quantitative estimate of drug-likeness (QED) is 0.324. The molecule has 0 radical (unpaired) electrons. The van der Waals surface area contributed by atoms with Crippen LogP contribution in [0.25, 0.3) is 0 Å². The van der Waals surface area contributed by atoms with Gasteiger partial charge in [-0.1, -0.05) is 36.4 Å². The third-order valence-corrected chi connectivity index (χ3v) is 5.87. The summed E-state index contributed by atoms with van der Waals surface area (Å²) in [5, 5.41) is 12.1. The SMILES string of the molecule is N#C/C(=C/[C@@H]1C(=O)NC(=S)N(c2ccccc2)C1=O)C(=O)N1CCN(c2ccccc2)CC1. The van der Waals surface area contributed by atoms with Crippen LogP contribution in [0.5, 0.6) is 0 Å². The average molecular weight is 460 g/mol. The van der Waals surface area contributed by atoms with Crippen molar-refractivity contribution in [2.24, 2.45) is 5.92 Å². The number of hydrogen-bond donors (Lipinski definition) is 1. The fourth-order valence-corrected chi connectivity index (χ4v) is 4.15. The molecule has 2 aromatic rings. The van der Waals surface area contributed by atoms with Crippen molar-refractivity contribution >= 4 is 46.4 Å². The number of carbonyl (C=O) groups is 3. The zero-order valence-electron chi connectivity index (χ0n) is 17.7. The van der Waals surface area contributed by atoms with Gasteiger partial charge in [0, 0.05) is 31.9 Å². The Hall–Kier alpha value is -4.03. The summed E-state index contributed by atoms with van der Waals surface area (Å²) in [5.41, 5.74) is 1.33. The minimum absolute atomic E-state index is 0.0391. The van der Waals surface area contributed by atoms with Crippen molar-refractivity contribution in [3.05, 3.63) is 72.3 Å². The molecule has 2 saturated heterocycles. The predicted octanol–water partition coefficient (Wildman–Crippen LogP) is 1.85. The Bertz CT molecular complexity index is 1150. The van der Waals surface area contributed by atoms with Crippen LogP contribution in [0, 0.1) is 17.2 Å². The van der Waals surface area contributed by atoms with Gasteiger partial charge in [0.2, 0.25) is 11.8 Å². The van der Waals surface area contributed by atoms with Crippen LogP contribution < -0.4 is 15.1 Å². The van der Waals surface area contributed by atoms with Gasteiger partial charge in [0.1, 0.15) is 17.6 Å². The lowest BCUT2D eigenvalue weighted by Crippen LogP contribution is -2.57. The van der Waals surface area contributed by atoms with E-state index in [0.29, 0.717) is 31.9 Å². The van der Waals surface area contributed by atoms with Crippen molar-refractivity contribution in [1.29, 1.82) is 5.26 Å². The van der Waals surface area contributed by atoms with Gasteiger partial charge in [-0.3, -0.25) is 19.3 Å². The van der Waals surface area contributed by atoms with E-state index < -0.39 is 23.6 Å². The van der Waals surface area contributed by atoms with Crippen LogP contribution in [-0.2, 0) is 14.4 Å². The number of amides is 3. The number of rotatable bonds is 4. The minimum Gasteiger partial charge on any atom is -0.368 e. The second-order valence-electron chi connectivity index (χ2n) is 7.59. The van der Waals surface area contributed by atoms with E-state index in [1.807, 2.05) is 36.4 Å². The smallest absolute Gasteiger partial charge is 0.264 e. The van der Waals surface area contributed by atoms with Crippen molar-refractivity contribution in [1.82, 2.24) is 10.2 Å². The molecule has 0 bridgehead atoms. The van der Waals surface area contributed by atoms with Crippen LogP contribution >= 0.6 is 12.2 Å². The van der Waals surface area contributed by atoms with Gasteiger partial charge in [0.25, 0.3) is 5.91 Å². The van der Waals surface area contributed by atoms with Gasteiger partial charge in [-0.25, -0.2) is 0 Å². The zero-order valence-corrected chi connectivity index (χ0v) is 18.5. The first-order valence-corrected chi connectivity index (χ1v) is 10.9. The number of benzene rings is 2. The fraction of sp³-hybridized carbons (Fsp3) is 0.208. The third-order valence-electron chi connectivity index (χ3n) is 5.59. The number of nitrogens with one attached hydrogen (secondary N) is 1. The van der Waals surface area contributed by atoms with Crippen LogP contribution in [0.2, 0.25) is 0 Å². The molecule has 0 spiro atoms. The van der Waals surface area contributed by atoms with Gasteiger partial charge in [-0.05, 0) is 42.6 Å². The Labute approximate surface area is 196 Å². The van der Waals surface area contributed by atoms with E-state index in [1.54, 1.807) is 35.2 Å². The van der Waals surface area contributed by atoms with Crippen LogP contribution in [0.3, 0.4) is 0 Å². The molecule has 9 heteroatoms. The molecule has 3 amide bonds. The second-order valence-corrected chi connectivity index (χ2v) is 7.97. The third kappa shape index (κ3) is 4.61. The summed E-state index contributed by atoms with van der Waals surface area (Å²) in [7, 11) is 0. The lowest BCUT2D eigenvalue weighted by Gasteiger charge is -2.36. The van der Waals surface area contributed by atoms with Gasteiger partial charge in [-0.15, -0.1) is 0 Å². The largest absolute Gasteiger partial charge is 0.368 e. The summed E-state index contributed by atoms with van der Waals surface area (Å²) in [6.45, 7) is 2.09. The highest BCUT2D eigenvalue weighted by atomic mass is 32.1. The lowest BCUT2D eigenvalue weighted by atomic mass is 10.00. The molecule has 2 aliphatic rings. The van der Waals surface area contributed by atoms with Gasteiger partial charge in [-0.2, -0.15) is 5.26 Å². The molecule has 0 unspecified atom stereocenters. The molecule has 4 rings (SSSR count). The van der Waals surface area contributed by atoms with Crippen LogP contribution in [-0.4, -0.2) is 53.9 Å². The molecule has 0 saturated carbocycles. The van der Waals surface area contributed by atoms with Gasteiger partial charge in [0.05, 0.1) is 5.69 Å². The van der Waals surface area contributed by atoms with Crippen LogP contribution in [0.15, 0.2) is 72.3 Å². The van der Waals surface area contributed by atoms with Crippen molar-refractivity contribution < 1.29 is 14.4 Å². The first kappa shape index (κ1) is 22.2. The van der Waals surface area contributed by atoms with E-state index in [4.69, 9.17) is 12.2 Å². The second kappa shape index (κ2) is 9.63. The number of anilines is 2. The molecule has 1 atom stereocenters. The normalized spacial score (nSPS) is 19.2. The number of nitriles is 1. The van der Waals surface area contributed by atoms with E-state index in [-0.39, 0.29) is 10.7 Å². The summed E-state index contributed by atoms with van der Waals surface area (Å²) in [6.07, 6.45) is 1.14. The average Bonchev–Trinajstić information content (AvgIpc) is 2.85. The molecule has 166 valence electrons. The maximum absolute atomic E-state index is 13.1. The van der Waals surface area contributed by atoms with Gasteiger partial charge < -0.3 is 15.1 Å². The summed E-state index contributed by atoms with van der Waals surface area (Å²) < 4.78 is 0. The van der Waals surface area contributed by atoms with E-state index in [0.717, 1.165) is 11.8 Å². The number of carbonyl (C=O) groups excluding carboxylic acids is 3.